The van der Waals surface area contributed by atoms with Crippen LogP contribution in [0.3, 0.4) is 0 Å². The van der Waals surface area contributed by atoms with Crippen molar-refractivity contribution in [2.45, 2.75) is 20.1 Å². The average molecular weight is 446 g/mol. The van der Waals surface area contributed by atoms with Crippen LogP contribution in [-0.4, -0.2) is 18.2 Å². The second kappa shape index (κ2) is 9.74. The normalized spacial score (nSPS) is 10.5. The summed E-state index contributed by atoms with van der Waals surface area (Å²) in [5.74, 6) is 0.299. The molecular formula is C23H21Cl2NO4. The molecule has 3 aromatic rings. The van der Waals surface area contributed by atoms with Crippen LogP contribution in [0.4, 0.5) is 5.69 Å². The van der Waals surface area contributed by atoms with Gasteiger partial charge in [-0.2, -0.15) is 0 Å². The lowest BCUT2D eigenvalue weighted by Gasteiger charge is -2.14. The van der Waals surface area contributed by atoms with Gasteiger partial charge in [-0.1, -0.05) is 35.3 Å². The van der Waals surface area contributed by atoms with Gasteiger partial charge in [-0.25, -0.2) is 4.79 Å². The summed E-state index contributed by atoms with van der Waals surface area (Å²) in [5.41, 5.74) is 3.90. The fraction of sp³-hybridized carbons (Fsp3) is 0.174. The number of anilines is 1. The summed E-state index contributed by atoms with van der Waals surface area (Å²) in [6, 6.07) is 16.1. The number of hydrogen-bond acceptors (Lipinski definition) is 4. The molecule has 0 spiro atoms. The Hall–Kier alpha value is -2.89. The number of carboxylic acids is 1. The maximum absolute atomic E-state index is 11.1. The smallest absolute Gasteiger partial charge is 0.335 e. The van der Waals surface area contributed by atoms with E-state index >= 15 is 0 Å². The Morgan fingerprint density at radius 1 is 0.967 bits per heavy atom. The third-order valence-corrected chi connectivity index (χ3v) is 5.30. The number of rotatable bonds is 8. The molecule has 0 atom stereocenters. The second-order valence-electron chi connectivity index (χ2n) is 6.71. The Kier molecular flexibility index (Phi) is 7.08. The summed E-state index contributed by atoms with van der Waals surface area (Å²) in [6.07, 6.45) is 0. The zero-order valence-electron chi connectivity index (χ0n) is 16.5. The molecule has 0 fully saturated rings. The number of methoxy groups -OCH3 is 1. The van der Waals surface area contributed by atoms with E-state index in [0.29, 0.717) is 34.7 Å². The summed E-state index contributed by atoms with van der Waals surface area (Å²) in [4.78, 5) is 11.1. The van der Waals surface area contributed by atoms with Gasteiger partial charge in [0, 0.05) is 12.2 Å². The number of halogens is 2. The van der Waals surface area contributed by atoms with Gasteiger partial charge >= 0.3 is 5.97 Å². The number of nitrogens with one attached hydrogen (secondary N) is 1. The summed E-state index contributed by atoms with van der Waals surface area (Å²) in [6.45, 7) is 2.76. The van der Waals surface area contributed by atoms with Crippen LogP contribution in [0, 0.1) is 6.92 Å². The second-order valence-corrected chi connectivity index (χ2v) is 7.53. The van der Waals surface area contributed by atoms with E-state index in [1.165, 1.54) is 0 Å². The highest BCUT2D eigenvalue weighted by atomic mass is 35.5. The third kappa shape index (κ3) is 5.38. The van der Waals surface area contributed by atoms with Crippen LogP contribution in [-0.2, 0) is 13.2 Å². The molecule has 7 heteroatoms. The molecular weight excluding hydrogens is 425 g/mol. The largest absolute Gasteiger partial charge is 0.493 e. The Morgan fingerprint density at radius 2 is 1.73 bits per heavy atom. The van der Waals surface area contributed by atoms with Gasteiger partial charge in [-0.15, -0.1) is 0 Å². The Bertz CT molecular complexity index is 1070. The van der Waals surface area contributed by atoms with Gasteiger partial charge in [0.15, 0.2) is 11.5 Å². The molecule has 0 amide bonds. The molecule has 3 rings (SSSR count). The Balaban J connectivity index is 1.66. The number of benzene rings is 3. The first-order valence-corrected chi connectivity index (χ1v) is 9.94. The number of ether oxygens (including phenoxy) is 2. The molecule has 0 saturated heterocycles. The molecule has 3 aromatic carbocycles. The van der Waals surface area contributed by atoms with E-state index in [1.807, 2.05) is 31.2 Å². The topological polar surface area (TPSA) is 67.8 Å². The van der Waals surface area contributed by atoms with Gasteiger partial charge in [-0.3, -0.25) is 0 Å². The highest BCUT2D eigenvalue weighted by molar-refractivity contribution is 6.42. The van der Waals surface area contributed by atoms with E-state index in [4.69, 9.17) is 37.8 Å². The summed E-state index contributed by atoms with van der Waals surface area (Å²) >= 11 is 12.0. The van der Waals surface area contributed by atoms with E-state index in [1.54, 1.807) is 37.4 Å². The molecule has 0 radical (unpaired) electrons. The molecule has 0 saturated carbocycles. The van der Waals surface area contributed by atoms with Crippen LogP contribution in [0.15, 0.2) is 54.6 Å². The van der Waals surface area contributed by atoms with Crippen molar-refractivity contribution in [2.24, 2.45) is 0 Å². The van der Waals surface area contributed by atoms with Crippen LogP contribution >= 0.6 is 23.2 Å². The zero-order chi connectivity index (χ0) is 21.7. The number of carboxylic acid groups (broad SMARTS) is 1. The van der Waals surface area contributed by atoms with E-state index in [-0.39, 0.29) is 5.56 Å². The molecule has 0 aliphatic carbocycles. The van der Waals surface area contributed by atoms with Crippen LogP contribution in [0.5, 0.6) is 11.5 Å². The van der Waals surface area contributed by atoms with Crippen molar-refractivity contribution in [1.82, 2.24) is 0 Å². The van der Waals surface area contributed by atoms with Gasteiger partial charge in [0.1, 0.15) is 6.61 Å². The fourth-order valence-electron chi connectivity index (χ4n) is 2.92. The van der Waals surface area contributed by atoms with Crippen LogP contribution in [0.25, 0.3) is 0 Å². The molecule has 0 aliphatic heterocycles. The third-order valence-electron chi connectivity index (χ3n) is 4.56. The fourth-order valence-corrected chi connectivity index (χ4v) is 3.24. The number of aryl methyl sites for hydroxylation is 1. The average Bonchev–Trinajstić information content (AvgIpc) is 2.73. The van der Waals surface area contributed by atoms with Crippen LogP contribution in [0.2, 0.25) is 10.0 Å². The molecule has 0 bridgehead atoms. The van der Waals surface area contributed by atoms with Crippen molar-refractivity contribution in [3.63, 3.8) is 0 Å². The summed E-state index contributed by atoms with van der Waals surface area (Å²) in [7, 11) is 1.59. The zero-order valence-corrected chi connectivity index (χ0v) is 18.1. The van der Waals surface area contributed by atoms with Gasteiger partial charge in [0.2, 0.25) is 0 Å². The minimum absolute atomic E-state index is 0.267. The lowest BCUT2D eigenvalue weighted by Crippen LogP contribution is -2.04. The summed E-state index contributed by atoms with van der Waals surface area (Å²) in [5, 5.41) is 13.4. The predicted octanol–water partition coefficient (Wildman–Crippen LogP) is 6.20. The van der Waals surface area contributed by atoms with Crippen LogP contribution < -0.4 is 14.8 Å². The predicted molar refractivity (Wildman–Crippen MR) is 119 cm³/mol. The van der Waals surface area contributed by atoms with Gasteiger partial charge < -0.3 is 19.9 Å². The van der Waals surface area contributed by atoms with Crippen molar-refractivity contribution in [1.29, 1.82) is 0 Å². The van der Waals surface area contributed by atoms with Crippen molar-refractivity contribution in [3.05, 3.63) is 86.9 Å². The molecule has 30 heavy (non-hydrogen) atoms. The number of hydrogen-bond donors (Lipinski definition) is 2. The minimum atomic E-state index is -0.939. The van der Waals surface area contributed by atoms with Gasteiger partial charge in [0.25, 0.3) is 0 Å². The molecule has 0 unspecified atom stereocenters. The molecule has 5 nitrogen and oxygen atoms in total. The Labute approximate surface area is 185 Å². The number of carbonyl (C=O) groups is 1. The lowest BCUT2D eigenvalue weighted by molar-refractivity contribution is 0.0697. The van der Waals surface area contributed by atoms with Gasteiger partial charge in [-0.05, 0) is 66.1 Å². The molecule has 0 aromatic heterocycles. The lowest BCUT2D eigenvalue weighted by atomic mass is 10.1. The quantitative estimate of drug-likeness (QED) is 0.431. The molecule has 156 valence electrons. The first-order valence-electron chi connectivity index (χ1n) is 9.19. The minimum Gasteiger partial charge on any atom is -0.493 e. The molecule has 0 aliphatic rings. The molecule has 0 heterocycles. The summed E-state index contributed by atoms with van der Waals surface area (Å²) < 4.78 is 11.3. The highest BCUT2D eigenvalue weighted by Crippen LogP contribution is 2.30. The number of aromatic carboxylic acids is 1. The van der Waals surface area contributed by atoms with E-state index < -0.39 is 5.97 Å². The van der Waals surface area contributed by atoms with Crippen molar-refractivity contribution < 1.29 is 19.4 Å². The SMILES string of the molecule is COc1cc(CNc2ccc(C(=O)O)cc2C)ccc1OCc1ccc(Cl)c(Cl)c1. The highest BCUT2D eigenvalue weighted by Gasteiger charge is 2.09. The molecule has 2 N–H and O–H groups in total. The maximum Gasteiger partial charge on any atom is 0.335 e. The van der Waals surface area contributed by atoms with Crippen molar-refractivity contribution >= 4 is 34.9 Å². The van der Waals surface area contributed by atoms with Crippen molar-refractivity contribution in [2.75, 3.05) is 12.4 Å². The standard InChI is InChI=1S/C23H21Cl2NO4/c1-14-9-17(23(27)28)5-7-20(14)26-12-15-4-8-21(22(11-15)29-2)30-13-16-3-6-18(24)19(25)10-16/h3-11,26H,12-13H2,1-2H3,(H,27,28). The first-order chi connectivity index (χ1) is 14.4. The monoisotopic (exact) mass is 445 g/mol. The van der Waals surface area contributed by atoms with Crippen LogP contribution in [0.1, 0.15) is 27.0 Å². The van der Waals surface area contributed by atoms with E-state index in [0.717, 1.165) is 22.4 Å². The van der Waals surface area contributed by atoms with E-state index in [9.17, 15) is 4.79 Å². The maximum atomic E-state index is 11.1. The Morgan fingerprint density at radius 3 is 2.40 bits per heavy atom. The van der Waals surface area contributed by atoms with E-state index in [2.05, 4.69) is 5.32 Å². The van der Waals surface area contributed by atoms with Crippen molar-refractivity contribution in [3.8, 4) is 11.5 Å². The first kappa shape index (κ1) is 21.8. The van der Waals surface area contributed by atoms with Gasteiger partial charge in [0.05, 0.1) is 22.7 Å².